The van der Waals surface area contributed by atoms with E-state index in [2.05, 4.69) is 6.92 Å². The minimum absolute atomic E-state index is 0.107. The summed E-state index contributed by atoms with van der Waals surface area (Å²) < 4.78 is 0. The van der Waals surface area contributed by atoms with E-state index in [-0.39, 0.29) is 12.0 Å². The van der Waals surface area contributed by atoms with Crippen LogP contribution in [0.4, 0.5) is 0 Å². The van der Waals surface area contributed by atoms with Gasteiger partial charge in [-0.25, -0.2) is 0 Å². The van der Waals surface area contributed by atoms with Gasteiger partial charge in [0.15, 0.2) is 0 Å². The standard InChI is InChI=1S/C13H23NO/c1-2-11(14)10-9-13(6-3-4-7-13)8-5-12(10)15/h10-11H,2-9,14H2,1H3. The fourth-order valence-corrected chi connectivity index (χ4v) is 3.51. The fourth-order valence-electron chi connectivity index (χ4n) is 3.51. The number of nitrogens with two attached hydrogens (primary N) is 1. The van der Waals surface area contributed by atoms with Crippen LogP contribution in [-0.4, -0.2) is 11.8 Å². The molecule has 0 aromatic heterocycles. The summed E-state index contributed by atoms with van der Waals surface area (Å²) in [5, 5.41) is 0. The minimum Gasteiger partial charge on any atom is -0.327 e. The number of hydrogen-bond acceptors (Lipinski definition) is 2. The van der Waals surface area contributed by atoms with Gasteiger partial charge in [-0.05, 0) is 37.5 Å². The molecular weight excluding hydrogens is 186 g/mol. The van der Waals surface area contributed by atoms with Crippen molar-refractivity contribution in [1.29, 1.82) is 0 Å². The molecule has 1 spiro atoms. The maximum atomic E-state index is 11.9. The highest BCUT2D eigenvalue weighted by molar-refractivity contribution is 5.82. The van der Waals surface area contributed by atoms with Crippen molar-refractivity contribution in [3.05, 3.63) is 0 Å². The van der Waals surface area contributed by atoms with Crippen LogP contribution in [0.5, 0.6) is 0 Å². The molecule has 0 aromatic carbocycles. The fraction of sp³-hybridized carbons (Fsp3) is 0.923. The summed E-state index contributed by atoms with van der Waals surface area (Å²) in [6.07, 6.45) is 9.36. The lowest BCUT2D eigenvalue weighted by molar-refractivity contribution is -0.128. The normalized spacial score (nSPS) is 32.1. The first-order chi connectivity index (χ1) is 7.17. The third-order valence-corrected chi connectivity index (χ3v) is 4.62. The second-order valence-electron chi connectivity index (χ2n) is 5.56. The number of hydrogen-bond donors (Lipinski definition) is 1. The molecule has 2 aliphatic carbocycles. The Kier molecular flexibility index (Phi) is 3.15. The maximum absolute atomic E-state index is 11.9. The molecule has 2 saturated carbocycles. The first kappa shape index (κ1) is 11.1. The van der Waals surface area contributed by atoms with Crippen LogP contribution in [0, 0.1) is 11.3 Å². The third kappa shape index (κ3) is 2.10. The Hall–Kier alpha value is -0.370. The summed E-state index contributed by atoms with van der Waals surface area (Å²) in [4.78, 5) is 11.9. The van der Waals surface area contributed by atoms with Crippen LogP contribution in [0.3, 0.4) is 0 Å². The van der Waals surface area contributed by atoms with Gasteiger partial charge < -0.3 is 5.73 Å². The molecule has 0 aromatic rings. The van der Waals surface area contributed by atoms with Crippen LogP contribution in [0.1, 0.15) is 58.3 Å². The van der Waals surface area contributed by atoms with Crippen LogP contribution in [0.15, 0.2) is 0 Å². The van der Waals surface area contributed by atoms with Gasteiger partial charge in [0.25, 0.3) is 0 Å². The molecule has 2 N–H and O–H groups in total. The number of carbonyl (C=O) groups excluding carboxylic acids is 1. The average Bonchev–Trinajstić information content (AvgIpc) is 2.70. The monoisotopic (exact) mass is 209 g/mol. The Morgan fingerprint density at radius 3 is 2.67 bits per heavy atom. The van der Waals surface area contributed by atoms with E-state index in [1.165, 1.54) is 25.7 Å². The highest BCUT2D eigenvalue weighted by Gasteiger charge is 2.43. The van der Waals surface area contributed by atoms with Gasteiger partial charge in [-0.2, -0.15) is 0 Å². The van der Waals surface area contributed by atoms with E-state index in [4.69, 9.17) is 5.73 Å². The molecule has 0 amide bonds. The van der Waals surface area contributed by atoms with Gasteiger partial charge >= 0.3 is 0 Å². The van der Waals surface area contributed by atoms with Gasteiger partial charge in [0.05, 0.1) is 0 Å². The van der Waals surface area contributed by atoms with Crippen molar-refractivity contribution in [3.63, 3.8) is 0 Å². The van der Waals surface area contributed by atoms with E-state index in [9.17, 15) is 4.79 Å². The smallest absolute Gasteiger partial charge is 0.137 e. The van der Waals surface area contributed by atoms with Crippen molar-refractivity contribution in [3.8, 4) is 0 Å². The third-order valence-electron chi connectivity index (χ3n) is 4.62. The van der Waals surface area contributed by atoms with E-state index >= 15 is 0 Å². The summed E-state index contributed by atoms with van der Waals surface area (Å²) in [6, 6.07) is 0.107. The highest BCUT2D eigenvalue weighted by Crippen LogP contribution is 2.50. The van der Waals surface area contributed by atoms with Crippen molar-refractivity contribution >= 4 is 5.78 Å². The van der Waals surface area contributed by atoms with Crippen molar-refractivity contribution in [2.24, 2.45) is 17.1 Å². The van der Waals surface area contributed by atoms with E-state index in [1.807, 2.05) is 0 Å². The second kappa shape index (κ2) is 4.25. The molecule has 2 fully saturated rings. The zero-order valence-corrected chi connectivity index (χ0v) is 9.80. The Bertz CT molecular complexity index is 243. The van der Waals surface area contributed by atoms with Crippen molar-refractivity contribution in [2.45, 2.75) is 64.3 Å². The topological polar surface area (TPSA) is 43.1 Å². The summed E-state index contributed by atoms with van der Waals surface area (Å²) in [5.41, 5.74) is 6.57. The average molecular weight is 209 g/mol. The first-order valence-corrected chi connectivity index (χ1v) is 6.45. The number of Topliss-reactive ketones (excluding diaryl/α,β-unsaturated/α-hetero) is 1. The SMILES string of the molecule is CCC(N)C1CC2(CCCC2)CCC1=O. The molecule has 2 aliphatic rings. The van der Waals surface area contributed by atoms with E-state index in [0.29, 0.717) is 11.2 Å². The van der Waals surface area contributed by atoms with Crippen LogP contribution < -0.4 is 5.73 Å². The predicted molar refractivity (Wildman–Crippen MR) is 61.5 cm³/mol. The molecule has 2 rings (SSSR count). The molecule has 86 valence electrons. The van der Waals surface area contributed by atoms with Gasteiger partial charge in [-0.1, -0.05) is 19.8 Å². The first-order valence-electron chi connectivity index (χ1n) is 6.45. The van der Waals surface area contributed by atoms with Crippen LogP contribution in [0.25, 0.3) is 0 Å². The maximum Gasteiger partial charge on any atom is 0.137 e. The molecule has 0 heterocycles. The number of ketones is 1. The predicted octanol–water partition coefficient (Wildman–Crippen LogP) is 2.65. The molecule has 2 heteroatoms. The molecule has 0 aliphatic heterocycles. The van der Waals surface area contributed by atoms with Crippen LogP contribution in [-0.2, 0) is 4.79 Å². The van der Waals surface area contributed by atoms with Gasteiger partial charge in [-0.3, -0.25) is 4.79 Å². The van der Waals surface area contributed by atoms with Crippen molar-refractivity contribution in [2.75, 3.05) is 0 Å². The Morgan fingerprint density at radius 1 is 1.40 bits per heavy atom. The van der Waals surface area contributed by atoms with Gasteiger partial charge in [0.1, 0.15) is 5.78 Å². The Labute approximate surface area is 92.6 Å². The summed E-state index contributed by atoms with van der Waals surface area (Å²) in [5.74, 6) is 0.601. The van der Waals surface area contributed by atoms with Gasteiger partial charge in [0, 0.05) is 18.4 Å². The van der Waals surface area contributed by atoms with Gasteiger partial charge in [-0.15, -0.1) is 0 Å². The Morgan fingerprint density at radius 2 is 2.07 bits per heavy atom. The molecule has 0 saturated heterocycles. The summed E-state index contributed by atoms with van der Waals surface area (Å²) >= 11 is 0. The molecule has 15 heavy (non-hydrogen) atoms. The Balaban J connectivity index is 2.06. The molecule has 0 bridgehead atoms. The van der Waals surface area contributed by atoms with Crippen LogP contribution in [0.2, 0.25) is 0 Å². The van der Waals surface area contributed by atoms with Crippen molar-refractivity contribution in [1.82, 2.24) is 0 Å². The minimum atomic E-state index is 0.107. The van der Waals surface area contributed by atoms with E-state index < -0.39 is 0 Å². The molecule has 2 unspecified atom stereocenters. The zero-order valence-electron chi connectivity index (χ0n) is 9.80. The molecular formula is C13H23NO. The van der Waals surface area contributed by atoms with Crippen LogP contribution >= 0.6 is 0 Å². The number of carbonyl (C=O) groups is 1. The summed E-state index contributed by atoms with van der Waals surface area (Å²) in [7, 11) is 0. The second-order valence-corrected chi connectivity index (χ2v) is 5.56. The van der Waals surface area contributed by atoms with Crippen molar-refractivity contribution < 1.29 is 4.79 Å². The molecule has 0 radical (unpaired) electrons. The zero-order chi connectivity index (χ0) is 10.9. The highest BCUT2D eigenvalue weighted by atomic mass is 16.1. The summed E-state index contributed by atoms with van der Waals surface area (Å²) in [6.45, 7) is 2.09. The largest absolute Gasteiger partial charge is 0.327 e. The quantitative estimate of drug-likeness (QED) is 0.759. The number of rotatable bonds is 2. The molecule has 2 atom stereocenters. The molecule has 2 nitrogen and oxygen atoms in total. The lowest BCUT2D eigenvalue weighted by atomic mass is 9.66. The van der Waals surface area contributed by atoms with E-state index in [0.717, 1.165) is 25.7 Å². The van der Waals surface area contributed by atoms with Gasteiger partial charge in [0.2, 0.25) is 0 Å². The lowest BCUT2D eigenvalue weighted by Gasteiger charge is -2.39. The lowest BCUT2D eigenvalue weighted by Crippen LogP contribution is -2.42. The van der Waals surface area contributed by atoms with E-state index in [1.54, 1.807) is 0 Å².